The van der Waals surface area contributed by atoms with Crippen LogP contribution in [0.3, 0.4) is 0 Å². The van der Waals surface area contributed by atoms with Crippen LogP contribution in [0.2, 0.25) is 0 Å². The fourth-order valence-corrected chi connectivity index (χ4v) is 4.27. The van der Waals surface area contributed by atoms with Gasteiger partial charge in [-0.3, -0.25) is 9.69 Å². The number of carbonyl (C=O) groups excluding carboxylic acids is 1. The van der Waals surface area contributed by atoms with Crippen molar-refractivity contribution in [2.24, 2.45) is 5.73 Å². The molecule has 0 saturated carbocycles. The first kappa shape index (κ1) is 31.3. The molecule has 41 heavy (non-hydrogen) atoms. The number of aromatic hydroxyl groups is 1. The van der Waals surface area contributed by atoms with Crippen LogP contribution in [0.5, 0.6) is 17.2 Å². The molecule has 4 rings (SSSR count). The van der Waals surface area contributed by atoms with Crippen LogP contribution >= 0.6 is 12.4 Å². The maximum Gasteiger partial charge on any atom is 0.252 e. The number of carbonyl (C=O) groups is 1. The van der Waals surface area contributed by atoms with Crippen molar-refractivity contribution in [1.29, 1.82) is 0 Å². The van der Waals surface area contributed by atoms with E-state index in [2.05, 4.69) is 14.9 Å². The summed E-state index contributed by atoms with van der Waals surface area (Å²) in [7, 11) is 0. The molecule has 0 fully saturated rings. The summed E-state index contributed by atoms with van der Waals surface area (Å²) in [6.45, 7) is 5.76. The zero-order valence-electron chi connectivity index (χ0n) is 23.1. The van der Waals surface area contributed by atoms with Crippen molar-refractivity contribution in [3.8, 4) is 28.6 Å². The molecule has 3 aromatic carbocycles. The molecule has 0 spiro atoms. The molecule has 1 heterocycles. The van der Waals surface area contributed by atoms with E-state index < -0.39 is 12.0 Å². The number of aryl methyl sites for hydroxylation is 2. The lowest BCUT2D eigenvalue weighted by molar-refractivity contribution is 0.0605. The van der Waals surface area contributed by atoms with Crippen molar-refractivity contribution in [3.63, 3.8) is 0 Å². The maximum atomic E-state index is 11.5. The molecule has 216 valence electrons. The Morgan fingerprint density at radius 3 is 2.24 bits per heavy atom. The molecule has 0 bridgehead atoms. The largest absolute Gasteiger partial charge is 0.507 e. The van der Waals surface area contributed by atoms with Gasteiger partial charge in [0.05, 0.1) is 5.56 Å². The number of nitrogens with two attached hydrogens (primary N) is 1. The second kappa shape index (κ2) is 15.0. The summed E-state index contributed by atoms with van der Waals surface area (Å²) in [5.74, 6) is 0.806. The summed E-state index contributed by atoms with van der Waals surface area (Å²) in [5, 5.41) is 20.6. The van der Waals surface area contributed by atoms with E-state index in [0.29, 0.717) is 43.6 Å². The number of rotatable bonds is 13. The number of amides is 1. The quantitative estimate of drug-likeness (QED) is 0.214. The van der Waals surface area contributed by atoms with Crippen molar-refractivity contribution in [2.75, 3.05) is 26.3 Å². The molecule has 9 nitrogen and oxygen atoms in total. The number of ether oxygens (including phenoxy) is 2. The van der Waals surface area contributed by atoms with Gasteiger partial charge in [0.2, 0.25) is 0 Å². The van der Waals surface area contributed by atoms with Gasteiger partial charge in [-0.1, -0.05) is 30.3 Å². The van der Waals surface area contributed by atoms with Crippen LogP contribution < -0.4 is 15.2 Å². The molecule has 1 amide bonds. The average Bonchev–Trinajstić information content (AvgIpc) is 2.93. The first-order chi connectivity index (χ1) is 19.3. The summed E-state index contributed by atoms with van der Waals surface area (Å²) in [6, 6.07) is 23.7. The second-order valence-electron chi connectivity index (χ2n) is 9.58. The Morgan fingerprint density at radius 1 is 0.927 bits per heavy atom. The lowest BCUT2D eigenvalue weighted by Crippen LogP contribution is -2.37. The minimum Gasteiger partial charge on any atom is -0.507 e. The normalized spacial score (nSPS) is 11.5. The van der Waals surface area contributed by atoms with E-state index >= 15 is 0 Å². The van der Waals surface area contributed by atoms with Crippen LogP contribution in [-0.4, -0.2) is 63.4 Å². The van der Waals surface area contributed by atoms with E-state index in [1.165, 1.54) is 12.1 Å². The molecule has 10 heteroatoms. The predicted octanol–water partition coefficient (Wildman–Crippen LogP) is 4.31. The third-order valence-electron chi connectivity index (χ3n) is 6.16. The van der Waals surface area contributed by atoms with E-state index in [1.807, 2.05) is 74.5 Å². The highest BCUT2D eigenvalue weighted by Crippen LogP contribution is 2.23. The molecule has 1 aromatic heterocycles. The fraction of sp³-hybridized carbons (Fsp3) is 0.258. The van der Waals surface area contributed by atoms with Gasteiger partial charge in [0.25, 0.3) is 5.91 Å². The van der Waals surface area contributed by atoms with E-state index in [1.54, 1.807) is 6.07 Å². The number of aromatic nitrogens is 2. The second-order valence-corrected chi connectivity index (χ2v) is 9.58. The summed E-state index contributed by atoms with van der Waals surface area (Å²) >= 11 is 0. The third-order valence-corrected chi connectivity index (χ3v) is 6.16. The summed E-state index contributed by atoms with van der Waals surface area (Å²) < 4.78 is 11.7. The number of primary amides is 1. The van der Waals surface area contributed by atoms with Gasteiger partial charge in [0.15, 0.2) is 5.82 Å². The Bertz CT molecular complexity index is 1400. The molecule has 0 aliphatic carbocycles. The van der Waals surface area contributed by atoms with Crippen LogP contribution in [0.15, 0.2) is 78.9 Å². The van der Waals surface area contributed by atoms with E-state index in [-0.39, 0.29) is 30.3 Å². The topological polar surface area (TPSA) is 131 Å². The minimum atomic E-state index is -0.749. The summed E-state index contributed by atoms with van der Waals surface area (Å²) in [5.41, 5.74) is 9.12. The van der Waals surface area contributed by atoms with Crippen LogP contribution in [0, 0.1) is 13.8 Å². The van der Waals surface area contributed by atoms with Crippen molar-refractivity contribution in [3.05, 3.63) is 101 Å². The molecule has 0 aliphatic rings. The highest BCUT2D eigenvalue weighted by atomic mass is 35.5. The van der Waals surface area contributed by atoms with Gasteiger partial charge in [-0.15, -0.1) is 12.4 Å². The zero-order chi connectivity index (χ0) is 28.5. The lowest BCUT2D eigenvalue weighted by Gasteiger charge is -2.25. The van der Waals surface area contributed by atoms with Gasteiger partial charge in [-0.2, -0.15) is 0 Å². The van der Waals surface area contributed by atoms with Crippen LogP contribution in [0.4, 0.5) is 0 Å². The molecule has 0 saturated heterocycles. The minimum absolute atomic E-state index is 0. The molecule has 1 unspecified atom stereocenters. The first-order valence-corrected chi connectivity index (χ1v) is 13.0. The van der Waals surface area contributed by atoms with Gasteiger partial charge in [0, 0.05) is 36.6 Å². The Kier molecular flexibility index (Phi) is 11.5. The average molecular weight is 579 g/mol. The molecule has 4 N–H and O–H groups in total. The fourth-order valence-electron chi connectivity index (χ4n) is 4.27. The van der Waals surface area contributed by atoms with Crippen molar-refractivity contribution >= 4 is 18.3 Å². The molecule has 4 aromatic rings. The van der Waals surface area contributed by atoms with Gasteiger partial charge in [0.1, 0.15) is 36.6 Å². The van der Waals surface area contributed by atoms with Crippen molar-refractivity contribution < 1.29 is 24.5 Å². The van der Waals surface area contributed by atoms with Crippen LogP contribution in [0.25, 0.3) is 11.4 Å². The summed E-state index contributed by atoms with van der Waals surface area (Å²) in [4.78, 5) is 22.6. The van der Waals surface area contributed by atoms with E-state index in [4.69, 9.17) is 15.2 Å². The van der Waals surface area contributed by atoms with Crippen LogP contribution in [-0.2, 0) is 6.54 Å². The SMILES string of the molecule is Cc1cc(C)nc(-c2ccc(OCC(O)CN(CCOc3ccc(O)c(C(N)=O)c3)Cc3ccccc3)cc2)n1.Cl. The molecule has 1 atom stereocenters. The highest BCUT2D eigenvalue weighted by molar-refractivity contribution is 5.95. The standard InChI is InChI=1S/C31H34N4O5.ClH/c1-21-16-22(2)34-31(33-21)24-8-10-26(11-9-24)40-20-25(36)19-35(18-23-6-4-3-5-7-23)14-15-39-27-12-13-29(37)28(17-27)30(32)38;/h3-13,16-17,25,36-37H,14-15,18-20H2,1-2H3,(H2,32,38);1H. The van der Waals surface area contributed by atoms with Crippen molar-refractivity contribution in [2.45, 2.75) is 26.5 Å². The van der Waals surface area contributed by atoms with Gasteiger partial charge < -0.3 is 25.4 Å². The van der Waals surface area contributed by atoms with Gasteiger partial charge >= 0.3 is 0 Å². The zero-order valence-corrected chi connectivity index (χ0v) is 23.9. The number of hydrogen-bond acceptors (Lipinski definition) is 8. The lowest BCUT2D eigenvalue weighted by atomic mass is 10.2. The number of nitrogens with zero attached hydrogens (tertiary/aromatic N) is 3. The predicted molar refractivity (Wildman–Crippen MR) is 160 cm³/mol. The summed E-state index contributed by atoms with van der Waals surface area (Å²) in [6.07, 6.45) is -0.749. The molecule has 0 aliphatic heterocycles. The Hall–Kier alpha value is -4.18. The van der Waals surface area contributed by atoms with E-state index in [9.17, 15) is 15.0 Å². The maximum absolute atomic E-state index is 11.5. The number of benzene rings is 3. The third kappa shape index (κ3) is 9.46. The Labute approximate surface area is 246 Å². The highest BCUT2D eigenvalue weighted by Gasteiger charge is 2.15. The van der Waals surface area contributed by atoms with Crippen molar-refractivity contribution in [1.82, 2.24) is 14.9 Å². The van der Waals surface area contributed by atoms with Gasteiger partial charge in [-0.05, 0) is 67.9 Å². The number of aliphatic hydroxyl groups is 1. The number of aliphatic hydroxyl groups excluding tert-OH is 1. The smallest absolute Gasteiger partial charge is 0.252 e. The number of phenols is 1. The first-order valence-electron chi connectivity index (χ1n) is 13.0. The molecular formula is C31H35ClN4O5. The van der Waals surface area contributed by atoms with Crippen LogP contribution in [0.1, 0.15) is 27.3 Å². The monoisotopic (exact) mass is 578 g/mol. The number of hydrogen-bond donors (Lipinski definition) is 3. The van der Waals surface area contributed by atoms with E-state index in [0.717, 1.165) is 22.5 Å². The Morgan fingerprint density at radius 2 is 1.59 bits per heavy atom. The van der Waals surface area contributed by atoms with Gasteiger partial charge in [-0.25, -0.2) is 9.97 Å². The molecule has 0 radical (unpaired) electrons. The molecular weight excluding hydrogens is 544 g/mol. The Balaban J connectivity index is 0.00000462. The number of halogens is 1.